The van der Waals surface area contributed by atoms with E-state index in [2.05, 4.69) is 11.9 Å². The molecule has 50 valence electrons. The first-order chi connectivity index (χ1) is 3.93. The molecule has 1 nitrogen and oxygen atoms in total. The van der Waals surface area contributed by atoms with Crippen molar-refractivity contribution in [2.75, 3.05) is 0 Å². The summed E-state index contributed by atoms with van der Waals surface area (Å²) in [4.78, 5) is 4.10. The molecule has 0 N–H and O–H groups in total. The molecule has 1 heteroatoms. The van der Waals surface area contributed by atoms with Crippen LogP contribution in [0.15, 0.2) is 24.4 Å². The normalized spacial score (nSPS) is 8.11. The second-order valence-electron chi connectivity index (χ2n) is 1.67. The van der Waals surface area contributed by atoms with Gasteiger partial charge in [0.2, 0.25) is 0 Å². The van der Waals surface area contributed by atoms with Crippen LogP contribution in [-0.4, -0.2) is 4.98 Å². The van der Waals surface area contributed by atoms with E-state index in [4.69, 9.17) is 0 Å². The molecule has 0 saturated carbocycles. The van der Waals surface area contributed by atoms with Gasteiger partial charge in [0.1, 0.15) is 0 Å². The third-order valence-corrected chi connectivity index (χ3v) is 1.09. The van der Waals surface area contributed by atoms with Gasteiger partial charge >= 0.3 is 0 Å². The van der Waals surface area contributed by atoms with Crippen molar-refractivity contribution in [3.63, 3.8) is 0 Å². The molecule has 9 heavy (non-hydrogen) atoms. The standard InChI is InChI=1S/C7H9N.CH4/c1-2-7-5-3-4-6-8-7;/h3-6H,2H2,1H3;1H4. The molecule has 0 radical (unpaired) electrons. The minimum absolute atomic E-state index is 0. The first-order valence-electron chi connectivity index (χ1n) is 2.83. The Morgan fingerprint density at radius 3 is 2.56 bits per heavy atom. The molecule has 1 heterocycles. The molecule has 0 fully saturated rings. The molecule has 1 aromatic rings. The molecule has 0 atom stereocenters. The number of hydrogen-bond acceptors (Lipinski definition) is 1. The van der Waals surface area contributed by atoms with E-state index in [0.717, 1.165) is 12.1 Å². The zero-order chi connectivity index (χ0) is 5.82. The molecule has 0 unspecified atom stereocenters. The van der Waals surface area contributed by atoms with Gasteiger partial charge in [-0.3, -0.25) is 4.98 Å². The first-order valence-corrected chi connectivity index (χ1v) is 2.83. The number of aromatic nitrogens is 1. The van der Waals surface area contributed by atoms with Crippen LogP contribution in [0, 0.1) is 0 Å². The average Bonchev–Trinajstić information content (AvgIpc) is 1.90. The summed E-state index contributed by atoms with van der Waals surface area (Å²) in [6.07, 6.45) is 2.85. The van der Waals surface area contributed by atoms with E-state index in [1.54, 1.807) is 0 Å². The molecule has 1 rings (SSSR count). The van der Waals surface area contributed by atoms with Gasteiger partial charge in [-0.2, -0.15) is 0 Å². The molecule has 0 aromatic carbocycles. The third-order valence-electron chi connectivity index (χ3n) is 1.09. The van der Waals surface area contributed by atoms with Crippen molar-refractivity contribution in [1.82, 2.24) is 4.98 Å². The summed E-state index contributed by atoms with van der Waals surface area (Å²) in [6.45, 7) is 2.10. The molecule has 0 saturated heterocycles. The lowest BCUT2D eigenvalue weighted by Gasteiger charge is -1.88. The van der Waals surface area contributed by atoms with Gasteiger partial charge in [0, 0.05) is 11.9 Å². The van der Waals surface area contributed by atoms with E-state index >= 15 is 0 Å². The fourth-order valence-corrected chi connectivity index (χ4v) is 0.607. The van der Waals surface area contributed by atoms with Crippen LogP contribution >= 0.6 is 0 Å². The smallest absolute Gasteiger partial charge is 0.0400 e. The maximum absolute atomic E-state index is 4.10. The Balaban J connectivity index is 0.000000640. The SMILES string of the molecule is C.CCc1ccccn1. The molecular weight excluding hydrogens is 110 g/mol. The van der Waals surface area contributed by atoms with Crippen LogP contribution in [0.4, 0.5) is 0 Å². The van der Waals surface area contributed by atoms with Crippen LogP contribution in [0.5, 0.6) is 0 Å². The van der Waals surface area contributed by atoms with Crippen molar-refractivity contribution in [1.29, 1.82) is 0 Å². The van der Waals surface area contributed by atoms with Gasteiger partial charge in [-0.15, -0.1) is 0 Å². The van der Waals surface area contributed by atoms with E-state index in [1.165, 1.54) is 0 Å². The van der Waals surface area contributed by atoms with Gasteiger partial charge in [-0.25, -0.2) is 0 Å². The van der Waals surface area contributed by atoms with Gasteiger partial charge in [-0.05, 0) is 18.6 Å². The minimum Gasteiger partial charge on any atom is -0.261 e. The number of hydrogen-bond donors (Lipinski definition) is 0. The Hall–Kier alpha value is -0.850. The van der Waals surface area contributed by atoms with Gasteiger partial charge in [0.05, 0.1) is 0 Å². The maximum Gasteiger partial charge on any atom is 0.0400 e. The second-order valence-corrected chi connectivity index (χ2v) is 1.67. The first kappa shape index (κ1) is 8.15. The summed E-state index contributed by atoms with van der Waals surface area (Å²) < 4.78 is 0. The van der Waals surface area contributed by atoms with Crippen LogP contribution in [0.2, 0.25) is 0 Å². The van der Waals surface area contributed by atoms with E-state index in [1.807, 2.05) is 24.4 Å². The Kier molecular flexibility index (Phi) is 3.69. The molecule has 0 amide bonds. The lowest BCUT2D eigenvalue weighted by Crippen LogP contribution is -1.81. The highest BCUT2D eigenvalue weighted by atomic mass is 14.6. The zero-order valence-corrected chi connectivity index (χ0v) is 4.96. The van der Waals surface area contributed by atoms with E-state index < -0.39 is 0 Å². The summed E-state index contributed by atoms with van der Waals surface area (Å²) in [5.74, 6) is 0. The van der Waals surface area contributed by atoms with Crippen LogP contribution in [-0.2, 0) is 6.42 Å². The van der Waals surface area contributed by atoms with Gasteiger partial charge in [0.25, 0.3) is 0 Å². The lowest BCUT2D eigenvalue weighted by atomic mass is 10.3. The van der Waals surface area contributed by atoms with Crippen LogP contribution in [0.25, 0.3) is 0 Å². The molecule has 0 aliphatic carbocycles. The van der Waals surface area contributed by atoms with E-state index in [-0.39, 0.29) is 7.43 Å². The molecule has 0 bridgehead atoms. The Bertz CT molecular complexity index is 146. The summed E-state index contributed by atoms with van der Waals surface area (Å²) >= 11 is 0. The van der Waals surface area contributed by atoms with Crippen molar-refractivity contribution >= 4 is 0 Å². The number of rotatable bonds is 1. The Labute approximate surface area is 56.8 Å². The number of aryl methyl sites for hydroxylation is 1. The minimum atomic E-state index is 0. The topological polar surface area (TPSA) is 12.9 Å². The second kappa shape index (κ2) is 4.07. The largest absolute Gasteiger partial charge is 0.261 e. The molecule has 0 spiro atoms. The number of pyridine rings is 1. The predicted molar refractivity (Wildman–Crippen MR) is 40.3 cm³/mol. The predicted octanol–water partition coefficient (Wildman–Crippen LogP) is 2.28. The fourth-order valence-electron chi connectivity index (χ4n) is 0.607. The maximum atomic E-state index is 4.10. The highest BCUT2D eigenvalue weighted by Gasteiger charge is 1.81. The van der Waals surface area contributed by atoms with Crippen molar-refractivity contribution in [2.45, 2.75) is 20.8 Å². The Morgan fingerprint density at radius 2 is 2.22 bits per heavy atom. The molecular formula is C8H13N. The van der Waals surface area contributed by atoms with Crippen molar-refractivity contribution in [2.24, 2.45) is 0 Å². The molecule has 1 aromatic heterocycles. The molecule has 0 aliphatic rings. The van der Waals surface area contributed by atoms with Crippen LogP contribution in [0.3, 0.4) is 0 Å². The average molecular weight is 123 g/mol. The van der Waals surface area contributed by atoms with E-state index in [9.17, 15) is 0 Å². The van der Waals surface area contributed by atoms with Gasteiger partial charge < -0.3 is 0 Å². The van der Waals surface area contributed by atoms with Crippen LogP contribution in [0.1, 0.15) is 20.0 Å². The summed E-state index contributed by atoms with van der Waals surface area (Å²) in [5.41, 5.74) is 1.16. The van der Waals surface area contributed by atoms with Crippen molar-refractivity contribution < 1.29 is 0 Å². The fraction of sp³-hybridized carbons (Fsp3) is 0.375. The highest BCUT2D eigenvalue weighted by molar-refractivity contribution is 5.02. The third kappa shape index (κ3) is 2.27. The van der Waals surface area contributed by atoms with E-state index in [0.29, 0.717) is 0 Å². The lowest BCUT2D eigenvalue weighted by molar-refractivity contribution is 1.04. The highest BCUT2D eigenvalue weighted by Crippen LogP contribution is 1.91. The number of nitrogens with zero attached hydrogens (tertiary/aromatic N) is 1. The van der Waals surface area contributed by atoms with Gasteiger partial charge in [0.15, 0.2) is 0 Å². The quantitative estimate of drug-likeness (QED) is 0.558. The summed E-state index contributed by atoms with van der Waals surface area (Å²) in [7, 11) is 0. The van der Waals surface area contributed by atoms with Gasteiger partial charge in [-0.1, -0.05) is 20.4 Å². The summed E-state index contributed by atoms with van der Waals surface area (Å²) in [5, 5.41) is 0. The zero-order valence-electron chi connectivity index (χ0n) is 4.96. The Morgan fingerprint density at radius 1 is 1.44 bits per heavy atom. The monoisotopic (exact) mass is 123 g/mol. The van der Waals surface area contributed by atoms with Crippen LogP contribution < -0.4 is 0 Å². The van der Waals surface area contributed by atoms with Crippen molar-refractivity contribution in [3.05, 3.63) is 30.1 Å². The molecule has 0 aliphatic heterocycles. The summed E-state index contributed by atoms with van der Waals surface area (Å²) in [6, 6.07) is 5.96. The van der Waals surface area contributed by atoms with Crippen molar-refractivity contribution in [3.8, 4) is 0 Å².